The van der Waals surface area contributed by atoms with Crippen molar-refractivity contribution < 1.29 is 9.59 Å². The lowest BCUT2D eigenvalue weighted by atomic mass is 9.98. The van der Waals surface area contributed by atoms with Crippen molar-refractivity contribution in [3.63, 3.8) is 0 Å². The van der Waals surface area contributed by atoms with Crippen LogP contribution < -0.4 is 16.0 Å². The summed E-state index contributed by atoms with van der Waals surface area (Å²) in [6, 6.07) is 15.1. The maximum Gasteiger partial charge on any atom is 0.243 e. The predicted octanol–water partition coefficient (Wildman–Crippen LogP) is 2.22. The fraction of sp³-hybridized carbons (Fsp3) is 0.263. The summed E-state index contributed by atoms with van der Waals surface area (Å²) < 4.78 is 0. The van der Waals surface area contributed by atoms with Gasteiger partial charge in [0, 0.05) is 23.8 Å². The van der Waals surface area contributed by atoms with E-state index in [4.69, 9.17) is 5.73 Å². The smallest absolute Gasteiger partial charge is 0.243 e. The van der Waals surface area contributed by atoms with Gasteiger partial charge in [-0.25, -0.2) is 0 Å². The zero-order chi connectivity index (χ0) is 17.1. The van der Waals surface area contributed by atoms with E-state index in [1.807, 2.05) is 29.2 Å². The Bertz CT molecular complexity index is 773. The van der Waals surface area contributed by atoms with E-state index in [0.717, 1.165) is 17.7 Å². The number of fused-ring (bicyclic) bond motifs is 1. The summed E-state index contributed by atoms with van der Waals surface area (Å²) in [5.74, 6) is -0.233. The molecule has 2 aromatic rings. The van der Waals surface area contributed by atoms with Crippen LogP contribution in [0.15, 0.2) is 48.5 Å². The number of Topliss-reactive ketones (excluding diaryl/α,β-unsaturated/α-hetero) is 1. The number of carbonyl (C=O) groups excluding carboxylic acids is 2. The highest BCUT2D eigenvalue weighted by Gasteiger charge is 2.23. The standard InChI is InChI=1S/C19H21N3O2/c1-13(23)16-7-3-4-8-17(16)21-19(24)12-22-11-15(20)10-14-6-2-5-9-18(14)22/h2-9,15H,10-12,20H2,1H3,(H,21,24). The van der Waals surface area contributed by atoms with Crippen molar-refractivity contribution in [2.24, 2.45) is 5.73 Å². The Morgan fingerprint density at radius 3 is 2.67 bits per heavy atom. The van der Waals surface area contributed by atoms with Gasteiger partial charge in [-0.1, -0.05) is 30.3 Å². The van der Waals surface area contributed by atoms with Crippen LogP contribution in [0.4, 0.5) is 11.4 Å². The first kappa shape index (κ1) is 16.2. The van der Waals surface area contributed by atoms with Gasteiger partial charge in [-0.2, -0.15) is 0 Å². The van der Waals surface area contributed by atoms with E-state index in [1.165, 1.54) is 6.92 Å². The fourth-order valence-corrected chi connectivity index (χ4v) is 3.13. The van der Waals surface area contributed by atoms with E-state index in [-0.39, 0.29) is 24.3 Å². The number of amides is 1. The highest BCUT2D eigenvalue weighted by Crippen LogP contribution is 2.26. The number of benzene rings is 2. The molecule has 3 N–H and O–H groups in total. The molecule has 1 unspecified atom stereocenters. The van der Waals surface area contributed by atoms with Crippen LogP contribution in [-0.2, 0) is 11.2 Å². The minimum Gasteiger partial charge on any atom is -0.360 e. The Balaban J connectivity index is 1.75. The summed E-state index contributed by atoms with van der Waals surface area (Å²) in [5, 5.41) is 2.84. The average molecular weight is 323 g/mol. The number of hydrogen-bond acceptors (Lipinski definition) is 4. The number of nitrogens with one attached hydrogen (secondary N) is 1. The third-order valence-corrected chi connectivity index (χ3v) is 4.18. The number of nitrogens with zero attached hydrogens (tertiary/aromatic N) is 1. The molecule has 1 atom stereocenters. The van der Waals surface area contributed by atoms with E-state index in [1.54, 1.807) is 24.3 Å². The number of hydrogen-bond donors (Lipinski definition) is 2. The zero-order valence-corrected chi connectivity index (χ0v) is 13.7. The fourth-order valence-electron chi connectivity index (χ4n) is 3.13. The average Bonchev–Trinajstić information content (AvgIpc) is 2.55. The summed E-state index contributed by atoms with van der Waals surface area (Å²) >= 11 is 0. The second kappa shape index (κ2) is 6.84. The molecule has 0 fully saturated rings. The van der Waals surface area contributed by atoms with Crippen molar-refractivity contribution in [3.8, 4) is 0 Å². The summed E-state index contributed by atoms with van der Waals surface area (Å²) in [6.45, 7) is 2.33. The van der Waals surface area contributed by atoms with Crippen molar-refractivity contribution in [2.45, 2.75) is 19.4 Å². The Kier molecular flexibility index (Phi) is 4.62. The third kappa shape index (κ3) is 3.46. The number of para-hydroxylation sites is 2. The summed E-state index contributed by atoms with van der Waals surface area (Å²) in [5.41, 5.74) is 9.39. The first-order valence-corrected chi connectivity index (χ1v) is 8.03. The van der Waals surface area contributed by atoms with Gasteiger partial charge in [0.1, 0.15) is 0 Å². The van der Waals surface area contributed by atoms with Crippen LogP contribution in [0.3, 0.4) is 0 Å². The van der Waals surface area contributed by atoms with E-state index >= 15 is 0 Å². The van der Waals surface area contributed by atoms with Gasteiger partial charge in [0.25, 0.3) is 0 Å². The molecule has 1 amide bonds. The molecule has 3 rings (SSSR count). The van der Waals surface area contributed by atoms with Gasteiger partial charge < -0.3 is 16.0 Å². The van der Waals surface area contributed by atoms with Crippen molar-refractivity contribution in [2.75, 3.05) is 23.3 Å². The second-order valence-electron chi connectivity index (χ2n) is 6.12. The highest BCUT2D eigenvalue weighted by atomic mass is 16.2. The lowest BCUT2D eigenvalue weighted by Crippen LogP contribution is -2.46. The normalized spacial score (nSPS) is 16.4. The van der Waals surface area contributed by atoms with Crippen LogP contribution in [0.25, 0.3) is 0 Å². The SMILES string of the molecule is CC(=O)c1ccccc1NC(=O)CN1CC(N)Cc2ccccc21. The summed E-state index contributed by atoms with van der Waals surface area (Å²) in [7, 11) is 0. The summed E-state index contributed by atoms with van der Waals surface area (Å²) in [6.07, 6.45) is 0.821. The molecule has 1 aliphatic rings. The van der Waals surface area contributed by atoms with E-state index in [9.17, 15) is 9.59 Å². The molecule has 1 heterocycles. The molecule has 0 aromatic heterocycles. The second-order valence-corrected chi connectivity index (χ2v) is 6.12. The molecule has 0 spiro atoms. The number of anilines is 2. The molecule has 24 heavy (non-hydrogen) atoms. The predicted molar refractivity (Wildman–Crippen MR) is 95.4 cm³/mol. The number of rotatable bonds is 4. The first-order chi connectivity index (χ1) is 11.5. The van der Waals surface area contributed by atoms with E-state index in [0.29, 0.717) is 17.8 Å². The zero-order valence-electron chi connectivity index (χ0n) is 13.7. The number of ketones is 1. The number of carbonyl (C=O) groups is 2. The highest BCUT2D eigenvalue weighted by molar-refractivity contribution is 6.04. The molecule has 0 bridgehead atoms. The minimum atomic E-state index is -0.160. The van der Waals surface area contributed by atoms with Gasteiger partial charge in [-0.15, -0.1) is 0 Å². The molecule has 124 valence electrons. The molecular formula is C19H21N3O2. The van der Waals surface area contributed by atoms with Crippen molar-refractivity contribution >= 4 is 23.1 Å². The Morgan fingerprint density at radius 2 is 1.88 bits per heavy atom. The number of nitrogens with two attached hydrogens (primary N) is 1. The Labute approximate surface area is 141 Å². The van der Waals surface area contributed by atoms with E-state index in [2.05, 4.69) is 5.32 Å². The van der Waals surface area contributed by atoms with Crippen LogP contribution >= 0.6 is 0 Å². The molecule has 0 aliphatic carbocycles. The quantitative estimate of drug-likeness (QED) is 0.846. The van der Waals surface area contributed by atoms with Crippen LogP contribution in [0.1, 0.15) is 22.8 Å². The molecule has 0 saturated heterocycles. The van der Waals surface area contributed by atoms with Crippen LogP contribution in [0.2, 0.25) is 0 Å². The maximum absolute atomic E-state index is 12.5. The van der Waals surface area contributed by atoms with Crippen LogP contribution in [-0.4, -0.2) is 30.8 Å². The van der Waals surface area contributed by atoms with Crippen LogP contribution in [0.5, 0.6) is 0 Å². The molecule has 5 nitrogen and oxygen atoms in total. The third-order valence-electron chi connectivity index (χ3n) is 4.18. The topological polar surface area (TPSA) is 75.4 Å². The molecule has 0 radical (unpaired) electrons. The monoisotopic (exact) mass is 323 g/mol. The molecular weight excluding hydrogens is 302 g/mol. The van der Waals surface area contributed by atoms with Gasteiger partial charge in [-0.3, -0.25) is 9.59 Å². The first-order valence-electron chi connectivity index (χ1n) is 8.03. The van der Waals surface area contributed by atoms with Crippen molar-refractivity contribution in [3.05, 3.63) is 59.7 Å². The van der Waals surface area contributed by atoms with Gasteiger partial charge in [0.2, 0.25) is 5.91 Å². The van der Waals surface area contributed by atoms with Gasteiger partial charge >= 0.3 is 0 Å². The lowest BCUT2D eigenvalue weighted by molar-refractivity contribution is -0.115. The molecule has 1 aliphatic heterocycles. The van der Waals surface area contributed by atoms with Gasteiger partial charge in [0.15, 0.2) is 5.78 Å². The van der Waals surface area contributed by atoms with Crippen molar-refractivity contribution in [1.29, 1.82) is 0 Å². The van der Waals surface area contributed by atoms with Crippen LogP contribution in [0, 0.1) is 0 Å². The Hall–Kier alpha value is -2.66. The lowest BCUT2D eigenvalue weighted by Gasteiger charge is -2.34. The summed E-state index contributed by atoms with van der Waals surface area (Å²) in [4.78, 5) is 26.1. The largest absolute Gasteiger partial charge is 0.360 e. The maximum atomic E-state index is 12.5. The van der Waals surface area contributed by atoms with Crippen molar-refractivity contribution in [1.82, 2.24) is 0 Å². The molecule has 0 saturated carbocycles. The Morgan fingerprint density at radius 1 is 1.17 bits per heavy atom. The minimum absolute atomic E-state index is 0.0113. The van der Waals surface area contributed by atoms with Gasteiger partial charge in [0.05, 0.1) is 12.2 Å². The van der Waals surface area contributed by atoms with E-state index < -0.39 is 0 Å². The molecule has 2 aromatic carbocycles. The van der Waals surface area contributed by atoms with Gasteiger partial charge in [-0.05, 0) is 37.1 Å². The molecule has 5 heteroatoms.